The minimum atomic E-state index is -3.29. The van der Waals surface area contributed by atoms with Gasteiger partial charge in [0.1, 0.15) is 0 Å². The van der Waals surface area contributed by atoms with Crippen LogP contribution < -0.4 is 0 Å². The first-order valence-electron chi connectivity index (χ1n) is 7.07. The fourth-order valence-corrected chi connectivity index (χ4v) is 3.81. The van der Waals surface area contributed by atoms with E-state index in [9.17, 15) is 8.42 Å². The Labute approximate surface area is 140 Å². The lowest BCUT2D eigenvalue weighted by molar-refractivity contribution is 0.593. The minimum absolute atomic E-state index is 0.0254. The molecule has 1 aromatic heterocycles. The summed E-state index contributed by atoms with van der Waals surface area (Å²) in [6.45, 7) is 0. The molecule has 23 heavy (non-hydrogen) atoms. The van der Waals surface area contributed by atoms with Crippen LogP contribution in [0.25, 0.3) is 5.69 Å². The fraction of sp³-hybridized carbons (Fsp3) is 0.118. The van der Waals surface area contributed by atoms with E-state index in [0.29, 0.717) is 10.7 Å². The molecular formula is C17H15ClN2O2S. The summed E-state index contributed by atoms with van der Waals surface area (Å²) < 4.78 is 26.3. The molecule has 0 aliphatic rings. The minimum Gasteiger partial charge on any atom is -0.241 e. The zero-order chi connectivity index (χ0) is 16.3. The van der Waals surface area contributed by atoms with E-state index in [-0.39, 0.29) is 11.5 Å². The van der Waals surface area contributed by atoms with Crippen molar-refractivity contribution in [3.63, 3.8) is 0 Å². The van der Waals surface area contributed by atoms with Gasteiger partial charge in [0.2, 0.25) is 0 Å². The average Bonchev–Trinajstić information content (AvgIpc) is 2.98. The lowest BCUT2D eigenvalue weighted by Gasteiger charge is -2.03. The molecule has 4 nitrogen and oxygen atoms in total. The molecule has 0 bridgehead atoms. The molecule has 2 aromatic carbocycles. The third kappa shape index (κ3) is 4.21. The van der Waals surface area contributed by atoms with Gasteiger partial charge in [-0.1, -0.05) is 41.9 Å². The second-order valence-electron chi connectivity index (χ2n) is 5.25. The van der Waals surface area contributed by atoms with Crippen LogP contribution in [-0.4, -0.2) is 18.2 Å². The van der Waals surface area contributed by atoms with E-state index in [4.69, 9.17) is 11.6 Å². The first-order valence-corrected chi connectivity index (χ1v) is 9.27. The molecule has 0 saturated heterocycles. The lowest BCUT2D eigenvalue weighted by atomic mass is 10.2. The van der Waals surface area contributed by atoms with Gasteiger partial charge in [-0.15, -0.1) is 0 Å². The van der Waals surface area contributed by atoms with Crippen molar-refractivity contribution in [1.29, 1.82) is 0 Å². The molecule has 0 saturated carbocycles. The van der Waals surface area contributed by atoms with Gasteiger partial charge >= 0.3 is 0 Å². The maximum Gasteiger partial charge on any atom is 0.160 e. The van der Waals surface area contributed by atoms with Gasteiger partial charge in [0.25, 0.3) is 0 Å². The van der Waals surface area contributed by atoms with Gasteiger partial charge in [-0.05, 0) is 35.9 Å². The Morgan fingerprint density at radius 2 is 1.61 bits per heavy atom. The summed E-state index contributed by atoms with van der Waals surface area (Å²) in [5, 5.41) is 4.93. The van der Waals surface area contributed by atoms with Crippen LogP contribution in [0, 0.1) is 0 Å². The van der Waals surface area contributed by atoms with Crippen LogP contribution in [0.15, 0.2) is 66.9 Å². The highest BCUT2D eigenvalue weighted by molar-refractivity contribution is 7.89. The van der Waals surface area contributed by atoms with Gasteiger partial charge in [0.05, 0.1) is 22.9 Å². The zero-order valence-electron chi connectivity index (χ0n) is 12.3. The lowest BCUT2D eigenvalue weighted by Crippen LogP contribution is -2.08. The van der Waals surface area contributed by atoms with Crippen LogP contribution in [0.5, 0.6) is 0 Å². The fourth-order valence-electron chi connectivity index (χ4n) is 2.27. The van der Waals surface area contributed by atoms with Gasteiger partial charge in [-0.25, -0.2) is 13.1 Å². The normalized spacial score (nSPS) is 11.5. The van der Waals surface area contributed by atoms with Crippen molar-refractivity contribution in [2.75, 3.05) is 0 Å². The molecule has 0 radical (unpaired) electrons. The molecule has 3 aromatic rings. The molecule has 0 unspecified atom stereocenters. The van der Waals surface area contributed by atoms with Crippen LogP contribution >= 0.6 is 11.6 Å². The summed E-state index contributed by atoms with van der Waals surface area (Å²) >= 11 is 5.81. The van der Waals surface area contributed by atoms with Crippen LogP contribution in [0.2, 0.25) is 5.02 Å². The van der Waals surface area contributed by atoms with Gasteiger partial charge in [0.15, 0.2) is 9.84 Å². The maximum absolute atomic E-state index is 12.3. The Morgan fingerprint density at radius 3 is 2.30 bits per heavy atom. The maximum atomic E-state index is 12.3. The molecule has 0 aliphatic carbocycles. The standard InChI is InChI=1S/C17H15ClN2O2S/c18-15-8-6-14(7-9-15)12-23(21,22)13-16-10-11-20(19-16)17-4-2-1-3-5-17/h1-11H,12-13H2. The first-order chi connectivity index (χ1) is 11.0. The van der Waals surface area contributed by atoms with Crippen LogP contribution in [-0.2, 0) is 21.3 Å². The highest BCUT2D eigenvalue weighted by Crippen LogP contribution is 2.15. The van der Waals surface area contributed by atoms with E-state index in [1.165, 1.54) is 0 Å². The summed E-state index contributed by atoms with van der Waals surface area (Å²) in [6, 6.07) is 18.1. The number of sulfone groups is 1. The Hall–Kier alpha value is -2.11. The van der Waals surface area contributed by atoms with Gasteiger partial charge in [-0.2, -0.15) is 5.10 Å². The highest BCUT2D eigenvalue weighted by atomic mass is 35.5. The Kier molecular flexibility index (Phi) is 4.50. The van der Waals surface area contributed by atoms with Crippen molar-refractivity contribution in [3.05, 3.63) is 83.1 Å². The van der Waals surface area contributed by atoms with E-state index in [0.717, 1.165) is 11.3 Å². The summed E-state index contributed by atoms with van der Waals surface area (Å²) in [5.41, 5.74) is 2.15. The van der Waals surface area contributed by atoms with Crippen molar-refractivity contribution < 1.29 is 8.42 Å². The van der Waals surface area contributed by atoms with Crippen molar-refractivity contribution in [2.24, 2.45) is 0 Å². The van der Waals surface area contributed by atoms with Gasteiger partial charge < -0.3 is 0 Å². The largest absolute Gasteiger partial charge is 0.241 e. The number of nitrogens with zero attached hydrogens (tertiary/aromatic N) is 2. The van der Waals surface area contributed by atoms with E-state index in [1.54, 1.807) is 41.2 Å². The molecule has 0 spiro atoms. The molecule has 3 rings (SSSR count). The summed E-state index contributed by atoms with van der Waals surface area (Å²) in [5.74, 6) is -0.113. The van der Waals surface area contributed by atoms with Crippen molar-refractivity contribution in [2.45, 2.75) is 11.5 Å². The summed E-state index contributed by atoms with van der Waals surface area (Å²) in [7, 11) is -3.29. The SMILES string of the molecule is O=S(=O)(Cc1ccc(Cl)cc1)Cc1ccn(-c2ccccc2)n1. The smallest absolute Gasteiger partial charge is 0.160 e. The first kappa shape index (κ1) is 15.8. The predicted octanol–water partition coefficient (Wildman–Crippen LogP) is 3.64. The van der Waals surface area contributed by atoms with Crippen LogP contribution in [0.4, 0.5) is 0 Å². The van der Waals surface area contributed by atoms with E-state index in [2.05, 4.69) is 5.10 Å². The molecule has 0 N–H and O–H groups in total. The number of rotatable bonds is 5. The van der Waals surface area contributed by atoms with Crippen molar-refractivity contribution in [3.8, 4) is 5.69 Å². The third-order valence-electron chi connectivity index (χ3n) is 3.33. The summed E-state index contributed by atoms with van der Waals surface area (Å²) in [4.78, 5) is 0. The quantitative estimate of drug-likeness (QED) is 0.708. The van der Waals surface area contributed by atoms with Gasteiger partial charge in [-0.3, -0.25) is 0 Å². The van der Waals surface area contributed by atoms with Crippen LogP contribution in [0.1, 0.15) is 11.3 Å². The third-order valence-corrected chi connectivity index (χ3v) is 5.09. The van der Waals surface area contributed by atoms with Crippen molar-refractivity contribution >= 4 is 21.4 Å². The summed E-state index contributed by atoms with van der Waals surface area (Å²) in [6.07, 6.45) is 1.77. The van der Waals surface area contributed by atoms with E-state index in [1.807, 2.05) is 30.3 Å². The van der Waals surface area contributed by atoms with E-state index < -0.39 is 9.84 Å². The molecule has 1 heterocycles. The molecule has 0 amide bonds. The topological polar surface area (TPSA) is 52.0 Å². The number of hydrogen-bond donors (Lipinski definition) is 0. The predicted molar refractivity (Wildman–Crippen MR) is 91.3 cm³/mol. The second kappa shape index (κ2) is 6.56. The second-order valence-corrected chi connectivity index (χ2v) is 7.75. The number of hydrogen-bond acceptors (Lipinski definition) is 3. The number of para-hydroxylation sites is 1. The van der Waals surface area contributed by atoms with Gasteiger partial charge in [0, 0.05) is 11.2 Å². The monoisotopic (exact) mass is 346 g/mol. The van der Waals surface area contributed by atoms with Crippen molar-refractivity contribution in [1.82, 2.24) is 9.78 Å². The molecule has 0 aliphatic heterocycles. The molecule has 0 atom stereocenters. The highest BCUT2D eigenvalue weighted by Gasteiger charge is 2.15. The molecule has 118 valence electrons. The number of halogens is 1. The molecular weight excluding hydrogens is 332 g/mol. The molecule has 0 fully saturated rings. The zero-order valence-corrected chi connectivity index (χ0v) is 13.8. The Bertz CT molecular complexity index is 888. The molecule has 6 heteroatoms. The van der Waals surface area contributed by atoms with Crippen LogP contribution in [0.3, 0.4) is 0 Å². The number of aromatic nitrogens is 2. The van der Waals surface area contributed by atoms with E-state index >= 15 is 0 Å². The average molecular weight is 347 g/mol. The number of benzene rings is 2. The Balaban J connectivity index is 1.73. The Morgan fingerprint density at radius 1 is 0.913 bits per heavy atom.